The summed E-state index contributed by atoms with van der Waals surface area (Å²) in [6.45, 7) is 0.720. The number of terminal acetylenes is 1. The number of ether oxygens (including phenoxy) is 1. The molecule has 4 heteroatoms. The molecule has 0 unspecified atom stereocenters. The lowest BCUT2D eigenvalue weighted by atomic mass is 10.3. The van der Waals surface area contributed by atoms with Crippen LogP contribution in [0, 0.1) is 12.3 Å². The summed E-state index contributed by atoms with van der Waals surface area (Å²) in [4.78, 5) is 11.2. The van der Waals surface area contributed by atoms with Gasteiger partial charge in [-0.15, -0.1) is 6.42 Å². The first-order valence-electron chi connectivity index (χ1n) is 5.31. The Kier molecular flexibility index (Phi) is 5.98. The Bertz CT molecular complexity index is 412. The van der Waals surface area contributed by atoms with Crippen molar-refractivity contribution in [1.29, 1.82) is 0 Å². The Morgan fingerprint density at radius 1 is 1.47 bits per heavy atom. The number of amides is 1. The van der Waals surface area contributed by atoms with Crippen LogP contribution >= 0.6 is 11.6 Å². The number of hydrogen-bond acceptors (Lipinski definition) is 2. The molecule has 0 aliphatic carbocycles. The van der Waals surface area contributed by atoms with Gasteiger partial charge in [-0.3, -0.25) is 4.79 Å². The highest BCUT2D eigenvalue weighted by molar-refractivity contribution is 6.32. The first kappa shape index (κ1) is 13.4. The zero-order valence-corrected chi connectivity index (χ0v) is 10.2. The average molecular weight is 252 g/mol. The SMILES string of the molecule is C#CCNC(=O)CCCOc1ccccc1Cl. The maximum Gasteiger partial charge on any atom is 0.220 e. The molecule has 0 bridgehead atoms. The van der Waals surface area contributed by atoms with E-state index in [-0.39, 0.29) is 12.5 Å². The third-order valence-corrected chi connectivity index (χ3v) is 2.34. The summed E-state index contributed by atoms with van der Waals surface area (Å²) in [5.74, 6) is 2.91. The third kappa shape index (κ3) is 5.28. The number of hydrogen-bond donors (Lipinski definition) is 1. The van der Waals surface area contributed by atoms with E-state index in [2.05, 4.69) is 11.2 Å². The van der Waals surface area contributed by atoms with E-state index in [0.29, 0.717) is 30.2 Å². The Morgan fingerprint density at radius 2 is 2.24 bits per heavy atom. The molecule has 0 aliphatic rings. The quantitative estimate of drug-likeness (QED) is 0.622. The van der Waals surface area contributed by atoms with Crippen molar-refractivity contribution >= 4 is 17.5 Å². The standard InChI is InChI=1S/C13H14ClNO2/c1-2-9-15-13(16)8-5-10-17-12-7-4-3-6-11(12)14/h1,3-4,6-7H,5,8-10H2,(H,15,16). The Morgan fingerprint density at radius 3 is 2.94 bits per heavy atom. The monoisotopic (exact) mass is 251 g/mol. The molecule has 0 saturated carbocycles. The van der Waals surface area contributed by atoms with E-state index in [1.807, 2.05) is 12.1 Å². The van der Waals surface area contributed by atoms with Crippen molar-refractivity contribution in [2.75, 3.05) is 13.2 Å². The van der Waals surface area contributed by atoms with E-state index in [9.17, 15) is 4.79 Å². The second-order valence-electron chi connectivity index (χ2n) is 3.36. The largest absolute Gasteiger partial charge is 0.492 e. The van der Waals surface area contributed by atoms with Crippen molar-refractivity contribution < 1.29 is 9.53 Å². The summed E-state index contributed by atoms with van der Waals surface area (Å²) in [5.41, 5.74) is 0. The second-order valence-corrected chi connectivity index (χ2v) is 3.77. The van der Waals surface area contributed by atoms with Crippen LogP contribution in [-0.2, 0) is 4.79 Å². The number of carbonyl (C=O) groups excluding carboxylic acids is 1. The van der Waals surface area contributed by atoms with Gasteiger partial charge in [0.1, 0.15) is 5.75 Å². The van der Waals surface area contributed by atoms with Crippen molar-refractivity contribution in [3.8, 4) is 18.1 Å². The van der Waals surface area contributed by atoms with Crippen LogP contribution < -0.4 is 10.1 Å². The number of nitrogens with one attached hydrogen (secondary N) is 1. The summed E-state index contributed by atoms with van der Waals surface area (Å²) >= 11 is 5.91. The van der Waals surface area contributed by atoms with Gasteiger partial charge >= 0.3 is 0 Å². The molecule has 0 radical (unpaired) electrons. The third-order valence-electron chi connectivity index (χ3n) is 2.03. The Balaban J connectivity index is 2.19. The van der Waals surface area contributed by atoms with Crippen molar-refractivity contribution in [2.45, 2.75) is 12.8 Å². The van der Waals surface area contributed by atoms with E-state index in [1.165, 1.54) is 0 Å². The minimum absolute atomic E-state index is 0.0642. The second kappa shape index (κ2) is 7.59. The fraction of sp³-hybridized carbons (Fsp3) is 0.308. The maximum atomic E-state index is 11.2. The Labute approximate surface area is 106 Å². The van der Waals surface area contributed by atoms with Crippen LogP contribution in [0.15, 0.2) is 24.3 Å². The van der Waals surface area contributed by atoms with Crippen molar-refractivity contribution in [2.24, 2.45) is 0 Å². The lowest BCUT2D eigenvalue weighted by Crippen LogP contribution is -2.23. The van der Waals surface area contributed by atoms with Gasteiger partial charge in [0.25, 0.3) is 0 Å². The van der Waals surface area contributed by atoms with Gasteiger partial charge in [-0.05, 0) is 18.6 Å². The molecule has 0 aromatic heterocycles. The van der Waals surface area contributed by atoms with E-state index in [1.54, 1.807) is 12.1 Å². The highest BCUT2D eigenvalue weighted by atomic mass is 35.5. The highest BCUT2D eigenvalue weighted by Gasteiger charge is 2.02. The van der Waals surface area contributed by atoms with Crippen LogP contribution in [0.4, 0.5) is 0 Å². The lowest BCUT2D eigenvalue weighted by Gasteiger charge is -2.07. The van der Waals surface area contributed by atoms with Crippen molar-refractivity contribution in [3.63, 3.8) is 0 Å². The molecule has 17 heavy (non-hydrogen) atoms. The van der Waals surface area contributed by atoms with Crippen LogP contribution in [0.1, 0.15) is 12.8 Å². The molecule has 0 heterocycles. The van der Waals surface area contributed by atoms with E-state index in [4.69, 9.17) is 22.8 Å². The van der Waals surface area contributed by atoms with Crippen LogP contribution in [0.3, 0.4) is 0 Å². The molecule has 0 atom stereocenters. The van der Waals surface area contributed by atoms with Crippen molar-refractivity contribution in [1.82, 2.24) is 5.32 Å². The molecule has 90 valence electrons. The van der Waals surface area contributed by atoms with Crippen molar-refractivity contribution in [3.05, 3.63) is 29.3 Å². The summed E-state index contributed by atoms with van der Waals surface area (Å²) < 4.78 is 5.44. The zero-order valence-electron chi connectivity index (χ0n) is 9.41. The molecule has 3 nitrogen and oxygen atoms in total. The fourth-order valence-corrected chi connectivity index (χ4v) is 1.40. The van der Waals surface area contributed by atoms with E-state index >= 15 is 0 Å². The van der Waals surface area contributed by atoms with Crippen LogP contribution in [-0.4, -0.2) is 19.1 Å². The molecule has 0 fully saturated rings. The number of para-hydroxylation sites is 1. The van der Waals surface area contributed by atoms with Crippen LogP contribution in [0.25, 0.3) is 0 Å². The summed E-state index contributed by atoms with van der Waals surface area (Å²) in [7, 11) is 0. The number of carbonyl (C=O) groups is 1. The molecule has 1 N–H and O–H groups in total. The van der Waals surface area contributed by atoms with Gasteiger partial charge in [0, 0.05) is 6.42 Å². The lowest BCUT2D eigenvalue weighted by molar-refractivity contribution is -0.121. The van der Waals surface area contributed by atoms with Gasteiger partial charge in [-0.1, -0.05) is 29.7 Å². The minimum Gasteiger partial charge on any atom is -0.492 e. The maximum absolute atomic E-state index is 11.2. The summed E-state index contributed by atoms with van der Waals surface area (Å²) in [5, 5.41) is 3.16. The number of rotatable bonds is 6. The molecule has 1 rings (SSSR count). The molecule has 1 aromatic rings. The van der Waals surface area contributed by atoms with E-state index < -0.39 is 0 Å². The summed E-state index contributed by atoms with van der Waals surface area (Å²) in [6, 6.07) is 7.24. The average Bonchev–Trinajstić information content (AvgIpc) is 2.34. The zero-order chi connectivity index (χ0) is 12.5. The summed E-state index contributed by atoms with van der Waals surface area (Å²) in [6.07, 6.45) is 6.04. The minimum atomic E-state index is -0.0642. The molecule has 1 amide bonds. The first-order chi connectivity index (χ1) is 8.24. The molecule has 0 saturated heterocycles. The predicted molar refractivity (Wildman–Crippen MR) is 68.0 cm³/mol. The molecule has 0 aliphatic heterocycles. The van der Waals surface area contributed by atoms with Gasteiger partial charge in [0.15, 0.2) is 0 Å². The van der Waals surface area contributed by atoms with Gasteiger partial charge in [-0.25, -0.2) is 0 Å². The van der Waals surface area contributed by atoms with Crippen LogP contribution in [0.2, 0.25) is 5.02 Å². The van der Waals surface area contributed by atoms with Gasteiger partial charge < -0.3 is 10.1 Å². The normalized spacial score (nSPS) is 9.41. The van der Waals surface area contributed by atoms with Gasteiger partial charge in [-0.2, -0.15) is 0 Å². The number of halogens is 1. The first-order valence-corrected chi connectivity index (χ1v) is 5.69. The molecular formula is C13H14ClNO2. The van der Waals surface area contributed by atoms with E-state index in [0.717, 1.165) is 0 Å². The predicted octanol–water partition coefficient (Wildman–Crippen LogP) is 2.25. The molecule has 1 aromatic carbocycles. The smallest absolute Gasteiger partial charge is 0.220 e. The Hall–Kier alpha value is -1.66. The van der Waals surface area contributed by atoms with Gasteiger partial charge in [0.2, 0.25) is 5.91 Å². The molecule has 0 spiro atoms. The van der Waals surface area contributed by atoms with Crippen LogP contribution in [0.5, 0.6) is 5.75 Å². The number of benzene rings is 1. The fourth-order valence-electron chi connectivity index (χ4n) is 1.21. The highest BCUT2D eigenvalue weighted by Crippen LogP contribution is 2.23. The molecular weight excluding hydrogens is 238 g/mol. The van der Waals surface area contributed by atoms with Gasteiger partial charge in [0.05, 0.1) is 18.2 Å². The topological polar surface area (TPSA) is 38.3 Å².